The van der Waals surface area contributed by atoms with Gasteiger partial charge in [-0.05, 0) is 18.6 Å². The van der Waals surface area contributed by atoms with Gasteiger partial charge < -0.3 is 4.74 Å². The van der Waals surface area contributed by atoms with Crippen LogP contribution < -0.4 is 10.1 Å². The highest BCUT2D eigenvalue weighted by Crippen LogP contribution is 2.26. The Hall–Kier alpha value is -2.58. The predicted octanol–water partition coefficient (Wildman–Crippen LogP) is 2.15. The lowest BCUT2D eigenvalue weighted by atomic mass is 10.2. The highest BCUT2D eigenvalue weighted by atomic mass is 19.4. The molecule has 2 N–H and O–H groups in total. The third-order valence-electron chi connectivity index (χ3n) is 2.46. The maximum absolute atomic E-state index is 12.3. The molecule has 0 aliphatic carbocycles. The van der Waals surface area contributed by atoms with Gasteiger partial charge in [-0.1, -0.05) is 18.2 Å². The molecule has 1 aromatic heterocycles. The highest BCUT2D eigenvalue weighted by Gasteiger charge is 2.35. The Kier molecular flexibility index (Phi) is 4.10. The maximum Gasteiger partial charge on any atom is 0.451 e. The number of aromatic amines is 1. The molecule has 1 amide bonds. The summed E-state index contributed by atoms with van der Waals surface area (Å²) >= 11 is 0. The van der Waals surface area contributed by atoms with Crippen molar-refractivity contribution in [2.75, 3.05) is 11.9 Å². The highest BCUT2D eigenvalue weighted by molar-refractivity contribution is 5.90. The average molecular weight is 300 g/mol. The van der Waals surface area contributed by atoms with Crippen molar-refractivity contribution in [3.8, 4) is 5.75 Å². The molecule has 0 aliphatic heterocycles. The largest absolute Gasteiger partial charge is 0.483 e. The second kappa shape index (κ2) is 5.81. The lowest BCUT2D eigenvalue weighted by Crippen LogP contribution is -2.21. The van der Waals surface area contributed by atoms with E-state index in [2.05, 4.69) is 15.4 Å². The van der Waals surface area contributed by atoms with Crippen LogP contribution in [0, 0.1) is 6.92 Å². The number of benzene rings is 1. The summed E-state index contributed by atoms with van der Waals surface area (Å²) < 4.78 is 42.1. The first-order valence-corrected chi connectivity index (χ1v) is 5.84. The van der Waals surface area contributed by atoms with Crippen LogP contribution in [0.25, 0.3) is 0 Å². The Balaban J connectivity index is 1.90. The Bertz CT molecular complexity index is 639. The smallest absolute Gasteiger partial charge is 0.451 e. The van der Waals surface area contributed by atoms with E-state index in [0.29, 0.717) is 5.75 Å². The molecule has 1 heterocycles. The van der Waals surface area contributed by atoms with Gasteiger partial charge >= 0.3 is 6.18 Å². The topological polar surface area (TPSA) is 79.9 Å². The maximum atomic E-state index is 12.3. The van der Waals surface area contributed by atoms with Crippen molar-refractivity contribution in [2.24, 2.45) is 0 Å². The molecule has 0 spiro atoms. The minimum absolute atomic E-state index is 0.360. The molecule has 21 heavy (non-hydrogen) atoms. The quantitative estimate of drug-likeness (QED) is 0.906. The molecule has 0 atom stereocenters. The summed E-state index contributed by atoms with van der Waals surface area (Å²) in [6.07, 6.45) is -4.65. The summed E-state index contributed by atoms with van der Waals surface area (Å²) in [6, 6.07) is 7.04. The van der Waals surface area contributed by atoms with Gasteiger partial charge in [-0.3, -0.25) is 15.2 Å². The number of nitrogens with one attached hydrogen (secondary N) is 2. The minimum Gasteiger partial charge on any atom is -0.483 e. The molecule has 0 fully saturated rings. The van der Waals surface area contributed by atoms with Crippen molar-refractivity contribution in [3.63, 3.8) is 0 Å². The van der Waals surface area contributed by atoms with Gasteiger partial charge in [-0.15, -0.1) is 5.10 Å². The lowest BCUT2D eigenvalue weighted by molar-refractivity contribution is -0.144. The first kappa shape index (κ1) is 14.8. The molecule has 6 nitrogen and oxygen atoms in total. The fourth-order valence-corrected chi connectivity index (χ4v) is 1.47. The summed E-state index contributed by atoms with van der Waals surface area (Å²) in [5.74, 6) is -1.89. The van der Waals surface area contributed by atoms with Crippen molar-refractivity contribution >= 4 is 11.9 Å². The summed E-state index contributed by atoms with van der Waals surface area (Å²) in [4.78, 5) is 14.7. The van der Waals surface area contributed by atoms with Crippen molar-refractivity contribution in [1.82, 2.24) is 15.2 Å². The normalized spacial score (nSPS) is 11.2. The first-order chi connectivity index (χ1) is 9.86. The van der Waals surface area contributed by atoms with Crippen LogP contribution in [-0.4, -0.2) is 27.7 Å². The van der Waals surface area contributed by atoms with Gasteiger partial charge in [0.05, 0.1) is 0 Å². The molecule has 2 rings (SSSR count). The first-order valence-electron chi connectivity index (χ1n) is 5.84. The fourth-order valence-electron chi connectivity index (χ4n) is 1.47. The van der Waals surface area contributed by atoms with Gasteiger partial charge in [0.2, 0.25) is 11.8 Å². The zero-order valence-corrected chi connectivity index (χ0v) is 10.9. The Morgan fingerprint density at radius 2 is 2.10 bits per heavy atom. The lowest BCUT2D eigenvalue weighted by Gasteiger charge is -2.07. The number of aryl methyl sites for hydroxylation is 1. The van der Waals surface area contributed by atoms with Crippen molar-refractivity contribution in [3.05, 3.63) is 35.7 Å². The van der Waals surface area contributed by atoms with Crippen LogP contribution in [0.1, 0.15) is 11.4 Å². The fraction of sp³-hybridized carbons (Fsp3) is 0.250. The van der Waals surface area contributed by atoms with Gasteiger partial charge in [0.25, 0.3) is 5.91 Å². The minimum atomic E-state index is -4.65. The van der Waals surface area contributed by atoms with E-state index >= 15 is 0 Å². The number of rotatable bonds is 4. The zero-order chi connectivity index (χ0) is 15.5. The van der Waals surface area contributed by atoms with Crippen LogP contribution in [-0.2, 0) is 11.0 Å². The number of amides is 1. The average Bonchev–Trinajstić information content (AvgIpc) is 2.86. The molecule has 0 bridgehead atoms. The van der Waals surface area contributed by atoms with E-state index in [1.807, 2.05) is 6.07 Å². The van der Waals surface area contributed by atoms with Crippen LogP contribution in [0.15, 0.2) is 24.3 Å². The summed E-state index contributed by atoms with van der Waals surface area (Å²) in [5.41, 5.74) is 0.836. The number of ether oxygens (including phenoxy) is 1. The molecule has 112 valence electrons. The molecule has 9 heteroatoms. The van der Waals surface area contributed by atoms with Crippen LogP contribution in [0.4, 0.5) is 19.1 Å². The molecular weight excluding hydrogens is 289 g/mol. The number of hydrogen-bond acceptors (Lipinski definition) is 4. The number of aromatic nitrogens is 3. The summed E-state index contributed by atoms with van der Waals surface area (Å²) in [6.45, 7) is 1.44. The molecule has 0 aliphatic rings. The second-order valence-corrected chi connectivity index (χ2v) is 4.11. The molecule has 1 aromatic carbocycles. The van der Waals surface area contributed by atoms with E-state index in [-0.39, 0.29) is 6.61 Å². The monoisotopic (exact) mass is 300 g/mol. The number of carbonyl (C=O) groups excluding carboxylic acids is 1. The van der Waals surface area contributed by atoms with E-state index in [1.165, 1.54) is 0 Å². The van der Waals surface area contributed by atoms with E-state index in [0.717, 1.165) is 5.56 Å². The molecule has 0 radical (unpaired) electrons. The Labute approximate surface area is 117 Å². The number of halogens is 3. The number of para-hydroxylation sites is 1. The summed E-state index contributed by atoms with van der Waals surface area (Å²) in [7, 11) is 0. The SMILES string of the molecule is Cc1ccccc1OCC(=O)Nc1n[nH]c(C(F)(F)F)n1. The number of nitrogens with zero attached hydrogens (tertiary/aromatic N) is 2. The van der Waals surface area contributed by atoms with E-state index in [9.17, 15) is 18.0 Å². The van der Waals surface area contributed by atoms with Gasteiger partial charge in [0.1, 0.15) is 5.75 Å². The van der Waals surface area contributed by atoms with Crippen LogP contribution in [0.2, 0.25) is 0 Å². The zero-order valence-electron chi connectivity index (χ0n) is 10.9. The van der Waals surface area contributed by atoms with Crippen molar-refractivity contribution < 1.29 is 22.7 Å². The van der Waals surface area contributed by atoms with Gasteiger partial charge in [0.15, 0.2) is 6.61 Å². The van der Waals surface area contributed by atoms with E-state index in [1.54, 1.807) is 30.2 Å². The Morgan fingerprint density at radius 1 is 1.38 bits per heavy atom. The molecular formula is C12H11F3N4O2. The summed E-state index contributed by atoms with van der Waals surface area (Å²) in [5, 5.41) is 7.05. The van der Waals surface area contributed by atoms with Gasteiger partial charge in [0, 0.05) is 0 Å². The van der Waals surface area contributed by atoms with Crippen LogP contribution in [0.5, 0.6) is 5.75 Å². The van der Waals surface area contributed by atoms with Crippen LogP contribution >= 0.6 is 0 Å². The van der Waals surface area contributed by atoms with Crippen molar-refractivity contribution in [1.29, 1.82) is 0 Å². The number of hydrogen-bond donors (Lipinski definition) is 2. The van der Waals surface area contributed by atoms with E-state index in [4.69, 9.17) is 4.74 Å². The third kappa shape index (κ3) is 3.94. The van der Waals surface area contributed by atoms with Gasteiger partial charge in [-0.25, -0.2) is 0 Å². The molecule has 0 saturated heterocycles. The second-order valence-electron chi connectivity index (χ2n) is 4.11. The van der Waals surface area contributed by atoms with Gasteiger partial charge in [-0.2, -0.15) is 18.2 Å². The number of anilines is 1. The predicted molar refractivity (Wildman–Crippen MR) is 66.7 cm³/mol. The van der Waals surface area contributed by atoms with Crippen LogP contribution in [0.3, 0.4) is 0 Å². The molecule has 0 saturated carbocycles. The standard InChI is InChI=1S/C12H11F3N4O2/c1-7-4-2-3-5-8(7)21-6-9(20)16-11-17-10(18-19-11)12(13,14)15/h2-5H,6H2,1H3,(H2,16,17,18,19,20). The molecule has 2 aromatic rings. The number of alkyl halides is 3. The van der Waals surface area contributed by atoms with Crippen molar-refractivity contribution in [2.45, 2.75) is 13.1 Å². The third-order valence-corrected chi connectivity index (χ3v) is 2.46. The molecule has 0 unspecified atom stereocenters. The number of H-pyrrole nitrogens is 1. The van der Waals surface area contributed by atoms with E-state index < -0.39 is 23.9 Å². The Morgan fingerprint density at radius 3 is 2.71 bits per heavy atom. The number of carbonyl (C=O) groups is 1.